The molecule has 2 rings (SSSR count). The van der Waals surface area contributed by atoms with Crippen LogP contribution in [0.5, 0.6) is 0 Å². The molecule has 4 nitrogen and oxygen atoms in total. The smallest absolute Gasteiger partial charge is 0.340 e. The minimum atomic E-state index is -0.536. The molecule has 0 aromatic heterocycles. The fraction of sp³-hybridized carbons (Fsp3) is 0.562. The molecular weight excluding hydrogens is 271 g/mol. The number of carbonyl (C=O) groups excluding carboxylic acids is 1. The lowest BCUT2D eigenvalue weighted by Crippen LogP contribution is -2.35. The van der Waals surface area contributed by atoms with Gasteiger partial charge in [0.05, 0.1) is 18.4 Å². The molecule has 0 aliphatic carbocycles. The fourth-order valence-corrected chi connectivity index (χ4v) is 2.91. The summed E-state index contributed by atoms with van der Waals surface area (Å²) in [6.07, 6.45) is 2.07. The molecule has 0 saturated carbocycles. The van der Waals surface area contributed by atoms with E-state index in [1.165, 1.54) is 19.2 Å². The molecule has 1 aliphatic rings. The zero-order valence-electron chi connectivity index (χ0n) is 12.9. The predicted octanol–water partition coefficient (Wildman–Crippen LogP) is 3.07. The van der Waals surface area contributed by atoms with E-state index in [4.69, 9.17) is 5.73 Å². The zero-order chi connectivity index (χ0) is 15.6. The maximum Gasteiger partial charge on any atom is 0.340 e. The predicted molar refractivity (Wildman–Crippen MR) is 81.9 cm³/mol. The van der Waals surface area contributed by atoms with Crippen molar-refractivity contribution < 1.29 is 13.9 Å². The number of rotatable bonds is 3. The van der Waals surface area contributed by atoms with E-state index in [0.717, 1.165) is 25.9 Å². The van der Waals surface area contributed by atoms with E-state index in [0.29, 0.717) is 17.5 Å². The van der Waals surface area contributed by atoms with Crippen molar-refractivity contribution in [2.45, 2.75) is 26.7 Å². The Morgan fingerprint density at radius 3 is 2.52 bits per heavy atom. The number of piperidine rings is 1. The second-order valence-electron chi connectivity index (χ2n) is 5.95. The molecule has 21 heavy (non-hydrogen) atoms. The molecule has 0 atom stereocenters. The molecule has 0 bridgehead atoms. The standard InChI is InChI=1S/C16H23FN2O2/c1-10(2)11-4-6-19(7-5-11)15-8-12(16(20)21-3)14(18)9-13(15)17/h8-11H,4-7,18H2,1-3H3. The maximum absolute atomic E-state index is 14.2. The summed E-state index contributed by atoms with van der Waals surface area (Å²) in [5, 5.41) is 0. The Bertz CT molecular complexity index is 523. The monoisotopic (exact) mass is 294 g/mol. The van der Waals surface area contributed by atoms with Crippen molar-refractivity contribution in [2.24, 2.45) is 11.8 Å². The number of hydrogen-bond donors (Lipinski definition) is 1. The van der Waals surface area contributed by atoms with E-state index < -0.39 is 5.97 Å². The van der Waals surface area contributed by atoms with Crippen molar-refractivity contribution >= 4 is 17.3 Å². The van der Waals surface area contributed by atoms with E-state index in [-0.39, 0.29) is 17.1 Å². The number of carbonyl (C=O) groups is 1. The molecule has 5 heteroatoms. The van der Waals surface area contributed by atoms with Crippen molar-refractivity contribution in [1.29, 1.82) is 0 Å². The van der Waals surface area contributed by atoms with Gasteiger partial charge in [-0.15, -0.1) is 0 Å². The van der Waals surface area contributed by atoms with Gasteiger partial charge in [-0.3, -0.25) is 0 Å². The zero-order valence-corrected chi connectivity index (χ0v) is 12.9. The van der Waals surface area contributed by atoms with Crippen LogP contribution in [0.4, 0.5) is 15.8 Å². The van der Waals surface area contributed by atoms with Crippen LogP contribution in [-0.2, 0) is 4.74 Å². The number of ether oxygens (including phenoxy) is 1. The van der Waals surface area contributed by atoms with Gasteiger partial charge in [0.1, 0.15) is 5.82 Å². The lowest BCUT2D eigenvalue weighted by molar-refractivity contribution is 0.0602. The third-order valence-electron chi connectivity index (χ3n) is 4.35. The quantitative estimate of drug-likeness (QED) is 0.687. The number of nitrogens with zero attached hydrogens (tertiary/aromatic N) is 1. The van der Waals surface area contributed by atoms with Crippen LogP contribution in [-0.4, -0.2) is 26.2 Å². The minimum Gasteiger partial charge on any atom is -0.465 e. The summed E-state index contributed by atoms with van der Waals surface area (Å²) in [6, 6.07) is 2.71. The SMILES string of the molecule is COC(=O)c1cc(N2CCC(C(C)C)CC2)c(F)cc1N. The highest BCUT2D eigenvalue weighted by atomic mass is 19.1. The average molecular weight is 294 g/mol. The van der Waals surface area contributed by atoms with E-state index in [1.54, 1.807) is 0 Å². The van der Waals surface area contributed by atoms with Gasteiger partial charge in [-0.05, 0) is 36.8 Å². The third kappa shape index (κ3) is 3.28. The normalized spacial score (nSPS) is 16.3. The largest absolute Gasteiger partial charge is 0.465 e. The number of nitrogens with two attached hydrogens (primary N) is 1. The Labute approximate surface area is 125 Å². The highest BCUT2D eigenvalue weighted by molar-refractivity contribution is 5.96. The molecule has 116 valence electrons. The summed E-state index contributed by atoms with van der Waals surface area (Å²) in [4.78, 5) is 13.7. The molecule has 0 spiro atoms. The molecule has 1 saturated heterocycles. The molecule has 1 heterocycles. The van der Waals surface area contributed by atoms with Gasteiger partial charge in [0, 0.05) is 18.8 Å². The summed E-state index contributed by atoms with van der Waals surface area (Å²) in [6.45, 7) is 6.04. The number of halogens is 1. The van der Waals surface area contributed by atoms with Crippen LogP contribution in [0.25, 0.3) is 0 Å². The van der Waals surface area contributed by atoms with Crippen LogP contribution in [0.1, 0.15) is 37.0 Å². The van der Waals surface area contributed by atoms with Crippen LogP contribution in [0, 0.1) is 17.7 Å². The van der Waals surface area contributed by atoms with Gasteiger partial charge in [-0.2, -0.15) is 0 Å². The van der Waals surface area contributed by atoms with Crippen LogP contribution in [0.2, 0.25) is 0 Å². The second kappa shape index (κ2) is 6.33. The maximum atomic E-state index is 14.2. The Balaban J connectivity index is 2.22. The number of nitrogen functional groups attached to an aromatic ring is 1. The van der Waals surface area contributed by atoms with Gasteiger partial charge in [0.15, 0.2) is 0 Å². The molecule has 0 unspecified atom stereocenters. The topological polar surface area (TPSA) is 55.6 Å². The summed E-state index contributed by atoms with van der Waals surface area (Å²) in [5.74, 6) is 0.404. The van der Waals surface area contributed by atoms with E-state index in [9.17, 15) is 9.18 Å². The number of methoxy groups -OCH3 is 1. The van der Waals surface area contributed by atoms with E-state index in [1.807, 2.05) is 4.90 Å². The first-order valence-electron chi connectivity index (χ1n) is 7.36. The van der Waals surface area contributed by atoms with Gasteiger partial charge in [-0.25, -0.2) is 9.18 Å². The van der Waals surface area contributed by atoms with E-state index in [2.05, 4.69) is 18.6 Å². The number of benzene rings is 1. The van der Waals surface area contributed by atoms with E-state index >= 15 is 0 Å². The summed E-state index contributed by atoms with van der Waals surface area (Å²) in [5.41, 5.74) is 6.47. The summed E-state index contributed by atoms with van der Waals surface area (Å²) < 4.78 is 18.9. The Kier molecular flexibility index (Phi) is 4.70. The second-order valence-corrected chi connectivity index (χ2v) is 5.95. The minimum absolute atomic E-state index is 0.111. The molecule has 1 aromatic carbocycles. The molecule has 0 amide bonds. The molecule has 1 aromatic rings. The van der Waals surface area contributed by atoms with Crippen molar-refractivity contribution in [3.8, 4) is 0 Å². The Morgan fingerprint density at radius 2 is 2.00 bits per heavy atom. The third-order valence-corrected chi connectivity index (χ3v) is 4.35. The van der Waals surface area contributed by atoms with Gasteiger partial charge >= 0.3 is 5.97 Å². The molecule has 0 radical (unpaired) electrons. The first-order valence-corrected chi connectivity index (χ1v) is 7.36. The molecule has 2 N–H and O–H groups in total. The molecular formula is C16H23FN2O2. The lowest BCUT2D eigenvalue weighted by Gasteiger charge is -2.35. The Hall–Kier alpha value is -1.78. The van der Waals surface area contributed by atoms with Gasteiger partial charge in [0.25, 0.3) is 0 Å². The first-order chi connectivity index (χ1) is 9.93. The number of esters is 1. The van der Waals surface area contributed by atoms with Crippen molar-refractivity contribution in [2.75, 3.05) is 30.8 Å². The number of hydrogen-bond acceptors (Lipinski definition) is 4. The molecule has 1 fully saturated rings. The summed E-state index contributed by atoms with van der Waals surface area (Å²) >= 11 is 0. The van der Waals surface area contributed by atoms with Crippen LogP contribution in [0.15, 0.2) is 12.1 Å². The molecule has 1 aliphatic heterocycles. The highest BCUT2D eigenvalue weighted by Gasteiger charge is 2.25. The van der Waals surface area contributed by atoms with Crippen LogP contribution < -0.4 is 10.6 Å². The van der Waals surface area contributed by atoms with Crippen LogP contribution in [0.3, 0.4) is 0 Å². The Morgan fingerprint density at radius 1 is 1.38 bits per heavy atom. The fourth-order valence-electron chi connectivity index (χ4n) is 2.91. The summed E-state index contributed by atoms with van der Waals surface area (Å²) in [7, 11) is 1.29. The first kappa shape index (κ1) is 15.6. The van der Waals surface area contributed by atoms with Crippen molar-refractivity contribution in [3.63, 3.8) is 0 Å². The van der Waals surface area contributed by atoms with Gasteiger partial charge < -0.3 is 15.4 Å². The average Bonchev–Trinajstić information content (AvgIpc) is 2.47. The van der Waals surface area contributed by atoms with Gasteiger partial charge in [0.2, 0.25) is 0 Å². The van der Waals surface area contributed by atoms with Gasteiger partial charge in [-0.1, -0.05) is 13.8 Å². The number of anilines is 2. The van der Waals surface area contributed by atoms with Crippen LogP contribution >= 0.6 is 0 Å². The van der Waals surface area contributed by atoms with Crippen molar-refractivity contribution in [3.05, 3.63) is 23.5 Å². The highest BCUT2D eigenvalue weighted by Crippen LogP contribution is 2.31. The van der Waals surface area contributed by atoms with Crippen molar-refractivity contribution in [1.82, 2.24) is 0 Å². The lowest BCUT2D eigenvalue weighted by atomic mass is 9.86.